The summed E-state index contributed by atoms with van der Waals surface area (Å²) >= 11 is 0. The van der Waals surface area contributed by atoms with E-state index in [1.165, 1.54) is 64.2 Å². The van der Waals surface area contributed by atoms with E-state index in [9.17, 15) is 0 Å². The van der Waals surface area contributed by atoms with Gasteiger partial charge in [-0.1, -0.05) is 72.5 Å². The molecule has 0 aliphatic heterocycles. The molecule has 0 bridgehead atoms. The van der Waals surface area contributed by atoms with E-state index in [4.69, 9.17) is 4.74 Å². The van der Waals surface area contributed by atoms with Crippen molar-refractivity contribution in [1.82, 2.24) is 0 Å². The number of fused-ring (bicyclic) bond motifs is 1. The SMILES string of the molecule is CCCC12CCC(C)(C)C1=C(C(C)COC1CCC(CC)C1)CCC2(C)C. The Morgan fingerprint density at radius 1 is 1.04 bits per heavy atom. The van der Waals surface area contributed by atoms with E-state index < -0.39 is 0 Å². The van der Waals surface area contributed by atoms with Crippen LogP contribution in [0.15, 0.2) is 11.1 Å². The predicted molar refractivity (Wildman–Crippen MR) is 117 cm³/mol. The molecule has 0 amide bonds. The van der Waals surface area contributed by atoms with Gasteiger partial charge < -0.3 is 4.74 Å². The van der Waals surface area contributed by atoms with Crippen LogP contribution in [0, 0.1) is 28.1 Å². The molecule has 4 atom stereocenters. The topological polar surface area (TPSA) is 9.23 Å². The van der Waals surface area contributed by atoms with Crippen LogP contribution in [0.5, 0.6) is 0 Å². The summed E-state index contributed by atoms with van der Waals surface area (Å²) in [6.45, 7) is 18.3. The van der Waals surface area contributed by atoms with E-state index >= 15 is 0 Å². The molecule has 0 N–H and O–H groups in total. The van der Waals surface area contributed by atoms with Crippen LogP contribution in [-0.2, 0) is 4.74 Å². The Morgan fingerprint density at radius 2 is 1.78 bits per heavy atom. The average molecular weight is 375 g/mol. The number of allylic oxidation sites excluding steroid dienone is 1. The summed E-state index contributed by atoms with van der Waals surface area (Å²) in [7, 11) is 0. The van der Waals surface area contributed by atoms with Crippen LogP contribution in [0.4, 0.5) is 0 Å². The summed E-state index contributed by atoms with van der Waals surface area (Å²) in [5.41, 5.74) is 4.90. The molecule has 0 aromatic rings. The summed E-state index contributed by atoms with van der Waals surface area (Å²) in [4.78, 5) is 0. The molecule has 2 saturated carbocycles. The van der Waals surface area contributed by atoms with Crippen LogP contribution < -0.4 is 0 Å². The normalized spacial score (nSPS) is 36.1. The average Bonchev–Trinajstić information content (AvgIpc) is 3.18. The Balaban J connectivity index is 1.82. The maximum Gasteiger partial charge on any atom is 0.0578 e. The van der Waals surface area contributed by atoms with Gasteiger partial charge in [0, 0.05) is 5.92 Å². The molecule has 0 saturated heterocycles. The van der Waals surface area contributed by atoms with Gasteiger partial charge in [0.2, 0.25) is 0 Å². The molecule has 2 fully saturated rings. The standard InChI is InChI=1S/C26H46O/c1-8-13-26-16-15-24(4,5)23(26)22(12-14-25(26,6)7)19(3)18-27-21-11-10-20(9-2)17-21/h19-21H,8-18H2,1-7H3. The van der Waals surface area contributed by atoms with Gasteiger partial charge in [-0.05, 0) is 73.5 Å². The highest BCUT2D eigenvalue weighted by atomic mass is 16.5. The van der Waals surface area contributed by atoms with E-state index in [2.05, 4.69) is 48.5 Å². The van der Waals surface area contributed by atoms with Gasteiger partial charge in [0.25, 0.3) is 0 Å². The molecule has 0 heterocycles. The fraction of sp³-hybridized carbons (Fsp3) is 0.923. The van der Waals surface area contributed by atoms with Crippen molar-refractivity contribution >= 4 is 0 Å². The molecule has 3 aliphatic rings. The number of rotatable bonds is 7. The first-order chi connectivity index (χ1) is 12.7. The largest absolute Gasteiger partial charge is 0.378 e. The predicted octanol–water partition coefficient (Wildman–Crippen LogP) is 7.94. The number of ether oxygens (including phenoxy) is 1. The lowest BCUT2D eigenvalue weighted by atomic mass is 9.52. The Labute approximate surface area is 169 Å². The van der Waals surface area contributed by atoms with Crippen molar-refractivity contribution in [3.8, 4) is 0 Å². The lowest BCUT2D eigenvalue weighted by Gasteiger charge is -2.53. The molecule has 156 valence electrons. The first-order valence-electron chi connectivity index (χ1n) is 12.0. The summed E-state index contributed by atoms with van der Waals surface area (Å²) in [5, 5.41) is 0. The van der Waals surface area contributed by atoms with Crippen molar-refractivity contribution in [2.24, 2.45) is 28.1 Å². The van der Waals surface area contributed by atoms with Crippen molar-refractivity contribution < 1.29 is 4.74 Å². The maximum atomic E-state index is 6.48. The van der Waals surface area contributed by atoms with E-state index in [-0.39, 0.29) is 0 Å². The minimum Gasteiger partial charge on any atom is -0.378 e. The lowest BCUT2D eigenvalue weighted by Crippen LogP contribution is -2.43. The first kappa shape index (κ1) is 21.4. The Kier molecular flexibility index (Phi) is 6.22. The summed E-state index contributed by atoms with van der Waals surface area (Å²) in [5.74, 6) is 1.50. The van der Waals surface area contributed by atoms with Gasteiger partial charge >= 0.3 is 0 Å². The third-order valence-corrected chi connectivity index (χ3v) is 8.89. The highest BCUT2D eigenvalue weighted by Crippen LogP contribution is 2.68. The van der Waals surface area contributed by atoms with E-state index in [0.717, 1.165) is 12.5 Å². The minimum atomic E-state index is 0.372. The fourth-order valence-electron chi connectivity index (χ4n) is 7.09. The summed E-state index contributed by atoms with van der Waals surface area (Å²) in [6, 6.07) is 0. The zero-order valence-electron chi connectivity index (χ0n) is 19.4. The third-order valence-electron chi connectivity index (χ3n) is 8.89. The fourth-order valence-corrected chi connectivity index (χ4v) is 7.09. The van der Waals surface area contributed by atoms with Crippen molar-refractivity contribution in [3.63, 3.8) is 0 Å². The van der Waals surface area contributed by atoms with Crippen molar-refractivity contribution in [1.29, 1.82) is 0 Å². The second-order valence-electron chi connectivity index (χ2n) is 11.4. The van der Waals surface area contributed by atoms with Gasteiger partial charge in [-0.2, -0.15) is 0 Å². The zero-order chi connectivity index (χ0) is 19.9. The van der Waals surface area contributed by atoms with E-state index in [1.807, 2.05) is 5.57 Å². The lowest BCUT2D eigenvalue weighted by molar-refractivity contribution is 0.0332. The molecule has 0 spiro atoms. The van der Waals surface area contributed by atoms with Crippen LogP contribution >= 0.6 is 0 Å². The van der Waals surface area contributed by atoms with Crippen LogP contribution in [0.2, 0.25) is 0 Å². The van der Waals surface area contributed by atoms with Gasteiger partial charge in [-0.3, -0.25) is 0 Å². The quantitative estimate of drug-likeness (QED) is 0.411. The Bertz CT molecular complexity index is 555. The van der Waals surface area contributed by atoms with Gasteiger partial charge in [-0.15, -0.1) is 0 Å². The smallest absolute Gasteiger partial charge is 0.0578 e. The molecular formula is C26H46O. The van der Waals surface area contributed by atoms with Gasteiger partial charge in [0.15, 0.2) is 0 Å². The van der Waals surface area contributed by atoms with Crippen molar-refractivity contribution in [2.45, 2.75) is 119 Å². The molecule has 0 aromatic carbocycles. The van der Waals surface area contributed by atoms with Crippen LogP contribution in [-0.4, -0.2) is 12.7 Å². The van der Waals surface area contributed by atoms with E-state index in [1.54, 1.807) is 5.57 Å². The monoisotopic (exact) mass is 374 g/mol. The van der Waals surface area contributed by atoms with E-state index in [0.29, 0.717) is 28.3 Å². The molecule has 3 aliphatic carbocycles. The van der Waals surface area contributed by atoms with Crippen LogP contribution in [0.25, 0.3) is 0 Å². The molecular weight excluding hydrogens is 328 g/mol. The van der Waals surface area contributed by atoms with Crippen molar-refractivity contribution in [3.05, 3.63) is 11.1 Å². The molecule has 0 aromatic heterocycles. The third kappa shape index (κ3) is 3.79. The first-order valence-corrected chi connectivity index (χ1v) is 12.0. The second-order valence-corrected chi connectivity index (χ2v) is 11.4. The van der Waals surface area contributed by atoms with Crippen LogP contribution in [0.1, 0.15) is 113 Å². The zero-order valence-corrected chi connectivity index (χ0v) is 19.4. The summed E-state index contributed by atoms with van der Waals surface area (Å²) in [6.07, 6.45) is 13.9. The van der Waals surface area contributed by atoms with Gasteiger partial charge in [0.05, 0.1) is 12.7 Å². The molecule has 27 heavy (non-hydrogen) atoms. The van der Waals surface area contributed by atoms with Crippen LogP contribution in [0.3, 0.4) is 0 Å². The molecule has 1 heteroatoms. The Morgan fingerprint density at radius 3 is 2.41 bits per heavy atom. The summed E-state index contributed by atoms with van der Waals surface area (Å²) < 4.78 is 6.48. The van der Waals surface area contributed by atoms with Gasteiger partial charge in [0.1, 0.15) is 0 Å². The molecule has 4 unspecified atom stereocenters. The van der Waals surface area contributed by atoms with Crippen molar-refractivity contribution in [2.75, 3.05) is 6.61 Å². The number of hydrogen-bond acceptors (Lipinski definition) is 1. The minimum absolute atomic E-state index is 0.372. The second kappa shape index (κ2) is 7.85. The molecule has 3 rings (SSSR count). The molecule has 1 nitrogen and oxygen atoms in total. The van der Waals surface area contributed by atoms with Gasteiger partial charge in [-0.25, -0.2) is 0 Å². The highest BCUT2D eigenvalue weighted by Gasteiger charge is 2.57. The Hall–Kier alpha value is -0.300. The number of hydrogen-bond donors (Lipinski definition) is 0. The molecule has 0 radical (unpaired) electrons. The maximum absolute atomic E-state index is 6.48. The highest BCUT2D eigenvalue weighted by molar-refractivity contribution is 5.38.